The molecular weight excluding hydrogens is 276 g/mol. The fourth-order valence-corrected chi connectivity index (χ4v) is 1.54. The molecule has 0 unspecified atom stereocenters. The number of nitrogens with two attached hydrogens (primary N) is 1. The molecule has 0 aliphatic heterocycles. The molecule has 21 heavy (non-hydrogen) atoms. The number of rotatable bonds is 6. The lowest BCUT2D eigenvalue weighted by Crippen LogP contribution is -2.04. The van der Waals surface area contributed by atoms with Crippen molar-refractivity contribution in [1.29, 1.82) is 0 Å². The van der Waals surface area contributed by atoms with Gasteiger partial charge >= 0.3 is 12.0 Å². The molecule has 2 aromatic rings. The summed E-state index contributed by atoms with van der Waals surface area (Å²) in [6, 6.07) is 5.20. The number of hydrogen-bond donors (Lipinski definition) is 1. The number of nitrogen functional groups attached to an aromatic ring is 1. The molecular formula is C13H16N4O4. The number of ether oxygens (including phenoxy) is 4. The first kappa shape index (κ1) is 14.6. The molecule has 0 radical (unpaired) electrons. The van der Waals surface area contributed by atoms with E-state index >= 15 is 0 Å². The van der Waals surface area contributed by atoms with Crippen molar-refractivity contribution in [3.8, 4) is 29.3 Å². The third kappa shape index (κ3) is 3.85. The molecule has 0 saturated heterocycles. The first-order valence-corrected chi connectivity index (χ1v) is 6.20. The zero-order chi connectivity index (χ0) is 15.2. The molecule has 112 valence electrons. The maximum Gasteiger partial charge on any atom is 0.330 e. The lowest BCUT2D eigenvalue weighted by atomic mass is 10.3. The molecule has 0 fully saturated rings. The summed E-state index contributed by atoms with van der Waals surface area (Å²) in [5.74, 6) is 1.62. The monoisotopic (exact) mass is 292 g/mol. The molecule has 2 N–H and O–H groups in total. The van der Waals surface area contributed by atoms with E-state index in [0.29, 0.717) is 23.9 Å². The van der Waals surface area contributed by atoms with E-state index in [1.165, 1.54) is 0 Å². The third-order valence-electron chi connectivity index (χ3n) is 2.42. The number of hydrogen-bond acceptors (Lipinski definition) is 8. The summed E-state index contributed by atoms with van der Waals surface area (Å²) >= 11 is 0. The minimum Gasteiger partial charge on any atom is -0.496 e. The highest BCUT2D eigenvalue weighted by atomic mass is 16.5. The number of methoxy groups -OCH3 is 2. The van der Waals surface area contributed by atoms with Crippen LogP contribution in [-0.2, 0) is 0 Å². The van der Waals surface area contributed by atoms with E-state index in [9.17, 15) is 0 Å². The van der Waals surface area contributed by atoms with Crippen molar-refractivity contribution in [2.24, 2.45) is 0 Å². The van der Waals surface area contributed by atoms with Crippen LogP contribution in [0.4, 0.5) is 5.95 Å². The standard InChI is InChI=1S/C13H16N4O4/c1-4-20-12-15-11(14)16-13(17-12)21-10-6-8(18-2)5-9(7-10)19-3/h5-7H,4H2,1-3H3,(H2,14,15,16,17). The molecule has 0 spiro atoms. The van der Waals surface area contributed by atoms with E-state index in [1.54, 1.807) is 32.4 Å². The highest BCUT2D eigenvalue weighted by Crippen LogP contribution is 2.30. The van der Waals surface area contributed by atoms with Crippen molar-refractivity contribution < 1.29 is 18.9 Å². The van der Waals surface area contributed by atoms with Gasteiger partial charge in [0.05, 0.1) is 20.8 Å². The highest BCUT2D eigenvalue weighted by molar-refractivity contribution is 5.43. The average Bonchev–Trinajstić information content (AvgIpc) is 2.46. The Labute approximate surface area is 121 Å². The average molecular weight is 292 g/mol. The molecule has 2 rings (SSSR count). The molecule has 8 heteroatoms. The third-order valence-corrected chi connectivity index (χ3v) is 2.42. The Balaban J connectivity index is 2.28. The van der Waals surface area contributed by atoms with Gasteiger partial charge in [0.25, 0.3) is 0 Å². The smallest absolute Gasteiger partial charge is 0.330 e. The molecule has 0 atom stereocenters. The van der Waals surface area contributed by atoms with Crippen LogP contribution in [0.2, 0.25) is 0 Å². The Bertz CT molecular complexity index is 599. The number of aromatic nitrogens is 3. The quantitative estimate of drug-likeness (QED) is 0.857. The van der Waals surface area contributed by atoms with E-state index in [0.717, 1.165) is 0 Å². The van der Waals surface area contributed by atoms with Crippen LogP contribution in [0.1, 0.15) is 6.92 Å². The van der Waals surface area contributed by atoms with Crippen LogP contribution >= 0.6 is 0 Å². The normalized spacial score (nSPS) is 10.0. The first-order chi connectivity index (χ1) is 10.1. The predicted octanol–water partition coefficient (Wildman–Crippen LogP) is 1.66. The Morgan fingerprint density at radius 1 is 0.905 bits per heavy atom. The van der Waals surface area contributed by atoms with E-state index < -0.39 is 0 Å². The molecule has 0 aliphatic rings. The van der Waals surface area contributed by atoms with E-state index in [1.807, 2.05) is 6.92 Å². The molecule has 1 aromatic heterocycles. The Morgan fingerprint density at radius 3 is 2.05 bits per heavy atom. The number of anilines is 1. The van der Waals surface area contributed by atoms with Crippen molar-refractivity contribution in [2.45, 2.75) is 6.92 Å². The first-order valence-electron chi connectivity index (χ1n) is 6.20. The molecule has 1 heterocycles. The van der Waals surface area contributed by atoms with Gasteiger partial charge in [0.2, 0.25) is 5.95 Å². The van der Waals surface area contributed by atoms with Gasteiger partial charge in [-0.1, -0.05) is 0 Å². The number of nitrogens with zero attached hydrogens (tertiary/aromatic N) is 3. The largest absolute Gasteiger partial charge is 0.496 e. The van der Waals surface area contributed by atoms with E-state index in [4.69, 9.17) is 24.7 Å². The Kier molecular flexibility index (Phi) is 4.60. The van der Waals surface area contributed by atoms with Crippen molar-refractivity contribution in [3.05, 3.63) is 18.2 Å². The maximum absolute atomic E-state index is 5.58. The van der Waals surface area contributed by atoms with Crippen molar-refractivity contribution >= 4 is 5.95 Å². The van der Waals surface area contributed by atoms with Gasteiger partial charge in [-0.05, 0) is 6.92 Å². The minimum atomic E-state index is 0.0123. The summed E-state index contributed by atoms with van der Waals surface area (Å²) in [5, 5.41) is 0. The van der Waals surface area contributed by atoms with Gasteiger partial charge in [0, 0.05) is 18.2 Å². The Hall–Kier alpha value is -2.77. The van der Waals surface area contributed by atoms with Crippen LogP contribution in [0.3, 0.4) is 0 Å². The van der Waals surface area contributed by atoms with Gasteiger partial charge in [-0.3, -0.25) is 0 Å². The zero-order valence-electron chi connectivity index (χ0n) is 12.0. The SMILES string of the molecule is CCOc1nc(N)nc(Oc2cc(OC)cc(OC)c2)n1. The van der Waals surface area contributed by atoms with Gasteiger partial charge in [0.1, 0.15) is 17.2 Å². The lowest BCUT2D eigenvalue weighted by molar-refractivity contribution is 0.303. The highest BCUT2D eigenvalue weighted by Gasteiger charge is 2.09. The van der Waals surface area contributed by atoms with Crippen molar-refractivity contribution in [2.75, 3.05) is 26.6 Å². The van der Waals surface area contributed by atoms with Crippen LogP contribution in [-0.4, -0.2) is 35.8 Å². The summed E-state index contributed by atoms with van der Waals surface area (Å²) < 4.78 is 21.0. The lowest BCUT2D eigenvalue weighted by Gasteiger charge is -2.09. The molecule has 0 amide bonds. The second kappa shape index (κ2) is 6.60. The van der Waals surface area contributed by atoms with Gasteiger partial charge in [0.15, 0.2) is 0 Å². The predicted molar refractivity (Wildman–Crippen MR) is 75.0 cm³/mol. The van der Waals surface area contributed by atoms with Gasteiger partial charge < -0.3 is 24.7 Å². The molecule has 1 aromatic carbocycles. The zero-order valence-corrected chi connectivity index (χ0v) is 12.0. The maximum atomic E-state index is 5.58. The second-order valence-corrected chi connectivity index (χ2v) is 3.84. The van der Waals surface area contributed by atoms with Gasteiger partial charge in [-0.2, -0.15) is 9.97 Å². The van der Waals surface area contributed by atoms with Crippen molar-refractivity contribution in [1.82, 2.24) is 15.0 Å². The van der Waals surface area contributed by atoms with Crippen LogP contribution < -0.4 is 24.7 Å². The summed E-state index contributed by atoms with van der Waals surface area (Å²) in [7, 11) is 3.10. The topological polar surface area (TPSA) is 102 Å². The summed E-state index contributed by atoms with van der Waals surface area (Å²) in [5.41, 5.74) is 5.58. The molecule has 0 saturated carbocycles. The molecule has 0 bridgehead atoms. The Morgan fingerprint density at radius 2 is 1.48 bits per heavy atom. The summed E-state index contributed by atoms with van der Waals surface area (Å²) in [4.78, 5) is 11.7. The van der Waals surface area contributed by atoms with Crippen molar-refractivity contribution in [3.63, 3.8) is 0 Å². The fourth-order valence-electron chi connectivity index (χ4n) is 1.54. The summed E-state index contributed by atoms with van der Waals surface area (Å²) in [6.07, 6.45) is 0. The van der Waals surface area contributed by atoms with Crippen LogP contribution in [0.25, 0.3) is 0 Å². The summed E-state index contributed by atoms with van der Waals surface area (Å²) in [6.45, 7) is 2.23. The van der Waals surface area contributed by atoms with E-state index in [-0.39, 0.29) is 18.0 Å². The van der Waals surface area contributed by atoms with E-state index in [2.05, 4.69) is 15.0 Å². The van der Waals surface area contributed by atoms with Gasteiger partial charge in [-0.25, -0.2) is 0 Å². The second-order valence-electron chi connectivity index (χ2n) is 3.84. The number of benzene rings is 1. The molecule has 8 nitrogen and oxygen atoms in total. The fraction of sp³-hybridized carbons (Fsp3) is 0.308. The van der Waals surface area contributed by atoms with Crippen LogP contribution in [0.15, 0.2) is 18.2 Å². The van der Waals surface area contributed by atoms with Crippen LogP contribution in [0.5, 0.6) is 29.3 Å². The van der Waals surface area contributed by atoms with Crippen LogP contribution in [0, 0.1) is 0 Å². The molecule has 0 aliphatic carbocycles. The minimum absolute atomic E-state index is 0.0123. The van der Waals surface area contributed by atoms with Gasteiger partial charge in [-0.15, -0.1) is 4.98 Å².